The number of cyclic esters (lactones) is 1. The van der Waals surface area contributed by atoms with E-state index < -0.39 is 24.3 Å². The molecule has 9 atom stereocenters. The van der Waals surface area contributed by atoms with Crippen molar-refractivity contribution in [3.8, 4) is 0 Å². The summed E-state index contributed by atoms with van der Waals surface area (Å²) in [5, 5.41) is 21.7. The van der Waals surface area contributed by atoms with Crippen LogP contribution in [0.5, 0.6) is 0 Å². The fourth-order valence-electron chi connectivity index (χ4n) is 5.89. The van der Waals surface area contributed by atoms with E-state index in [1.165, 1.54) is 11.6 Å². The Kier molecular flexibility index (Phi) is 9.82. The molecule has 0 aromatic carbocycles. The summed E-state index contributed by atoms with van der Waals surface area (Å²) in [4.78, 5) is 12.7. The van der Waals surface area contributed by atoms with Crippen LogP contribution in [-0.2, 0) is 23.7 Å². The zero-order valence-corrected chi connectivity index (χ0v) is 23.0. The van der Waals surface area contributed by atoms with E-state index in [0.29, 0.717) is 25.4 Å². The Morgan fingerprint density at radius 3 is 2.84 bits per heavy atom. The van der Waals surface area contributed by atoms with Gasteiger partial charge in [0, 0.05) is 12.5 Å². The molecule has 0 spiro atoms. The van der Waals surface area contributed by atoms with E-state index in [0.717, 1.165) is 31.3 Å². The fourth-order valence-corrected chi connectivity index (χ4v) is 5.89. The predicted octanol–water partition coefficient (Wildman–Crippen LogP) is 4.50. The lowest BCUT2D eigenvalue weighted by atomic mass is 9.84. The second kappa shape index (κ2) is 12.9. The summed E-state index contributed by atoms with van der Waals surface area (Å²) in [6.07, 6.45) is 14.0. The van der Waals surface area contributed by atoms with Crippen LogP contribution in [0.1, 0.15) is 65.7 Å². The number of fused-ring (bicyclic) bond motifs is 3. The maximum absolute atomic E-state index is 12.7. The minimum absolute atomic E-state index is 0.119. The summed E-state index contributed by atoms with van der Waals surface area (Å²) in [6.45, 7) is 11.1. The number of esters is 1. The second-order valence-corrected chi connectivity index (χ2v) is 11.8. The van der Waals surface area contributed by atoms with Gasteiger partial charge in [-0.15, -0.1) is 0 Å². The van der Waals surface area contributed by atoms with Crippen molar-refractivity contribution >= 4 is 5.97 Å². The molecule has 7 nitrogen and oxygen atoms in total. The van der Waals surface area contributed by atoms with E-state index in [2.05, 4.69) is 33.4 Å². The van der Waals surface area contributed by atoms with Gasteiger partial charge in [-0.05, 0) is 58.3 Å². The van der Waals surface area contributed by atoms with Crippen LogP contribution in [-0.4, -0.2) is 71.1 Å². The monoisotopic (exact) mass is 528 g/mol. The Morgan fingerprint density at radius 2 is 2.05 bits per heavy atom. The maximum Gasteiger partial charge on any atom is 0.330 e. The van der Waals surface area contributed by atoms with Gasteiger partial charge < -0.3 is 29.2 Å². The van der Waals surface area contributed by atoms with E-state index >= 15 is 0 Å². The minimum atomic E-state index is -1.03. The molecule has 1 fully saturated rings. The minimum Gasteiger partial charge on any atom is -0.456 e. The first kappa shape index (κ1) is 29.0. The van der Waals surface area contributed by atoms with E-state index in [4.69, 9.17) is 18.9 Å². The third-order valence-electron chi connectivity index (χ3n) is 7.78. The van der Waals surface area contributed by atoms with Gasteiger partial charge in [-0.1, -0.05) is 61.1 Å². The molecule has 0 aliphatic carbocycles. The lowest BCUT2D eigenvalue weighted by Crippen LogP contribution is -2.37. The molecule has 4 aliphatic heterocycles. The highest BCUT2D eigenvalue weighted by molar-refractivity contribution is 5.82. The molecule has 38 heavy (non-hydrogen) atoms. The summed E-state index contributed by atoms with van der Waals surface area (Å²) < 4.78 is 23.6. The molecule has 1 saturated heterocycles. The summed E-state index contributed by atoms with van der Waals surface area (Å²) in [5.74, 6) is -0.176. The van der Waals surface area contributed by atoms with Crippen molar-refractivity contribution in [2.45, 2.75) is 114 Å². The summed E-state index contributed by atoms with van der Waals surface area (Å²) in [6, 6.07) is 0. The van der Waals surface area contributed by atoms with Crippen molar-refractivity contribution in [2.24, 2.45) is 5.92 Å². The predicted molar refractivity (Wildman–Crippen MR) is 145 cm³/mol. The highest BCUT2D eigenvalue weighted by Gasteiger charge is 2.46. The zero-order valence-electron chi connectivity index (χ0n) is 23.0. The number of aliphatic hydroxyl groups excluding tert-OH is 2. The van der Waals surface area contributed by atoms with E-state index in [1.807, 2.05) is 18.2 Å². The molecule has 4 heterocycles. The highest BCUT2D eigenvalue weighted by atomic mass is 16.6. The first-order valence-electron chi connectivity index (χ1n) is 14.0. The van der Waals surface area contributed by atoms with Gasteiger partial charge in [0.05, 0.1) is 36.6 Å². The Labute approximate surface area is 226 Å². The topological polar surface area (TPSA) is 97.8 Å². The number of hydrogen-bond donors (Lipinski definition) is 2. The van der Waals surface area contributed by atoms with Crippen molar-refractivity contribution in [3.63, 3.8) is 0 Å². The molecule has 0 saturated carbocycles. The zero-order chi connectivity index (χ0) is 27.3. The van der Waals surface area contributed by atoms with Crippen molar-refractivity contribution in [2.75, 3.05) is 6.61 Å². The molecule has 0 aromatic heterocycles. The summed E-state index contributed by atoms with van der Waals surface area (Å²) in [7, 11) is 0. The lowest BCUT2D eigenvalue weighted by molar-refractivity contribution is -0.148. The van der Waals surface area contributed by atoms with Gasteiger partial charge in [-0.3, -0.25) is 0 Å². The molecular weight excluding hydrogens is 484 g/mol. The van der Waals surface area contributed by atoms with E-state index in [9.17, 15) is 15.0 Å². The van der Waals surface area contributed by atoms with Gasteiger partial charge in [-0.25, -0.2) is 4.79 Å². The molecule has 0 amide bonds. The highest BCUT2D eigenvalue weighted by Crippen LogP contribution is 2.36. The normalized spacial score (nSPS) is 40.9. The molecule has 0 unspecified atom stereocenters. The summed E-state index contributed by atoms with van der Waals surface area (Å²) >= 11 is 0. The van der Waals surface area contributed by atoms with Crippen molar-refractivity contribution in [3.05, 3.63) is 60.3 Å². The van der Waals surface area contributed by atoms with Crippen molar-refractivity contribution in [1.29, 1.82) is 0 Å². The van der Waals surface area contributed by atoms with Gasteiger partial charge in [0.25, 0.3) is 0 Å². The van der Waals surface area contributed by atoms with Gasteiger partial charge in [-0.2, -0.15) is 0 Å². The maximum atomic E-state index is 12.7. The molecule has 7 heteroatoms. The van der Waals surface area contributed by atoms with E-state index in [-0.39, 0.29) is 36.4 Å². The van der Waals surface area contributed by atoms with E-state index in [1.54, 1.807) is 12.2 Å². The van der Waals surface area contributed by atoms with Gasteiger partial charge >= 0.3 is 5.97 Å². The van der Waals surface area contributed by atoms with Crippen LogP contribution in [0.25, 0.3) is 0 Å². The Bertz CT molecular complexity index is 965. The van der Waals surface area contributed by atoms with Crippen LogP contribution in [0.3, 0.4) is 0 Å². The van der Waals surface area contributed by atoms with Crippen molar-refractivity contribution in [1.82, 2.24) is 0 Å². The number of epoxide rings is 1. The average Bonchev–Trinajstić information content (AvgIpc) is 3.60. The molecular formula is C31H44O7. The van der Waals surface area contributed by atoms with Crippen LogP contribution in [0.15, 0.2) is 60.3 Å². The van der Waals surface area contributed by atoms with Crippen molar-refractivity contribution < 1.29 is 34.0 Å². The number of aliphatic hydroxyl groups is 2. The number of carbonyl (C=O) groups excluding carboxylic acids is 1. The first-order chi connectivity index (χ1) is 18.1. The smallest absolute Gasteiger partial charge is 0.330 e. The number of ether oxygens (including phenoxy) is 4. The molecule has 2 N–H and O–H groups in total. The van der Waals surface area contributed by atoms with Gasteiger partial charge in [0.1, 0.15) is 18.3 Å². The Morgan fingerprint density at radius 1 is 1.24 bits per heavy atom. The molecule has 0 aromatic rings. The van der Waals surface area contributed by atoms with Gasteiger partial charge in [0.2, 0.25) is 0 Å². The Hall–Kier alpha value is -2.03. The summed E-state index contributed by atoms with van der Waals surface area (Å²) in [5.41, 5.74) is 1.93. The van der Waals surface area contributed by atoms with Crippen LogP contribution < -0.4 is 0 Å². The lowest BCUT2D eigenvalue weighted by Gasteiger charge is -2.37. The second-order valence-electron chi connectivity index (χ2n) is 11.8. The number of carbonyl (C=O) groups is 1. The van der Waals surface area contributed by atoms with Crippen LogP contribution in [0.2, 0.25) is 0 Å². The molecule has 4 aliphatic rings. The largest absolute Gasteiger partial charge is 0.456 e. The third kappa shape index (κ3) is 8.48. The van der Waals surface area contributed by atoms with Gasteiger partial charge in [0.15, 0.2) is 0 Å². The van der Waals surface area contributed by atoms with Crippen LogP contribution in [0.4, 0.5) is 0 Å². The third-order valence-corrected chi connectivity index (χ3v) is 7.78. The molecule has 0 radical (unpaired) electrons. The van der Waals surface area contributed by atoms with Crippen LogP contribution >= 0.6 is 0 Å². The SMILES string of the molecule is C=C1C[C@H](C)C[C@@]2(C)CC=C[C@H](C/C=C\C(=O)O[C@H]([C@@H](O)/C=C/[C@H]3CC(C)=CCO3)C[C@@H]3O[C@H]3[C@@H](O)C1)O2. The first-order valence-corrected chi connectivity index (χ1v) is 14.0. The molecule has 210 valence electrons. The molecule has 4 rings (SSSR count). The number of rotatable bonds is 3. The quantitative estimate of drug-likeness (QED) is 0.316. The number of hydrogen-bond acceptors (Lipinski definition) is 7. The van der Waals surface area contributed by atoms with Crippen LogP contribution in [0, 0.1) is 5.92 Å². The fraction of sp³-hybridized carbons (Fsp3) is 0.645. The Balaban J connectivity index is 1.46. The molecule has 2 bridgehead atoms. The average molecular weight is 529 g/mol. The standard InChI is InChI=1S/C31H44O7/c1-20-12-14-35-24(16-20)10-11-25(32)27-18-28-30(37-28)26(33)17-21(2)15-22(3)19-31(4)13-6-8-23(38-31)7-5-9-29(34)36-27/h5-6,8-12,22-28,30,32-33H,2,7,13-19H2,1,3-4H3/b9-5-,11-10+/t22-,23-,24-,25-,26-,27-,28-,30-,31+/m0/s1.